The molecule has 1 amide bonds. The van der Waals surface area contributed by atoms with Crippen molar-refractivity contribution in [1.82, 2.24) is 9.55 Å². The van der Waals surface area contributed by atoms with Crippen LogP contribution < -0.4 is 5.32 Å². The largest absolute Gasteiger partial charge is 0.506 e. The van der Waals surface area contributed by atoms with E-state index in [0.29, 0.717) is 15.9 Å². The van der Waals surface area contributed by atoms with Crippen molar-refractivity contribution in [3.05, 3.63) is 90.1 Å². The van der Waals surface area contributed by atoms with E-state index in [1.165, 1.54) is 17.8 Å². The number of thioether (sulfide) groups is 1. The number of hydrogen-bond acceptors (Lipinski definition) is 4. The molecule has 0 atom stereocenters. The summed E-state index contributed by atoms with van der Waals surface area (Å²) in [5.74, 6) is -0.181. The molecule has 0 unspecified atom stereocenters. The third-order valence-electron chi connectivity index (χ3n) is 4.34. The van der Waals surface area contributed by atoms with Gasteiger partial charge in [-0.1, -0.05) is 71.9 Å². The molecular weight excluding hydrogens is 418 g/mol. The summed E-state index contributed by atoms with van der Waals surface area (Å²) in [5.41, 5.74) is 3.12. The van der Waals surface area contributed by atoms with Crippen molar-refractivity contribution >= 4 is 35.0 Å². The monoisotopic (exact) mass is 435 g/mol. The van der Waals surface area contributed by atoms with Crippen molar-refractivity contribution in [1.29, 1.82) is 0 Å². The normalized spacial score (nSPS) is 10.7. The summed E-state index contributed by atoms with van der Waals surface area (Å²) in [6, 6.07) is 24.3. The van der Waals surface area contributed by atoms with E-state index in [1.807, 2.05) is 71.4 Å². The second-order valence-electron chi connectivity index (χ2n) is 6.48. The van der Waals surface area contributed by atoms with Crippen molar-refractivity contribution in [3.63, 3.8) is 0 Å². The number of nitrogens with zero attached hydrogens (tertiary/aromatic N) is 2. The van der Waals surface area contributed by atoms with Crippen LogP contribution in [-0.4, -0.2) is 26.3 Å². The lowest BCUT2D eigenvalue weighted by atomic mass is 10.2. The minimum atomic E-state index is -0.249. The Morgan fingerprint density at radius 1 is 1.03 bits per heavy atom. The molecule has 5 nitrogen and oxygen atoms in total. The van der Waals surface area contributed by atoms with Gasteiger partial charge in [-0.25, -0.2) is 4.98 Å². The maximum absolute atomic E-state index is 12.4. The highest BCUT2D eigenvalue weighted by Crippen LogP contribution is 2.29. The first kappa shape index (κ1) is 20.1. The molecule has 7 heteroatoms. The first-order chi connectivity index (χ1) is 14.6. The number of benzene rings is 3. The molecule has 0 saturated carbocycles. The van der Waals surface area contributed by atoms with Crippen LogP contribution >= 0.6 is 23.4 Å². The number of amides is 1. The molecule has 0 aliphatic rings. The number of phenolic OH excluding ortho intramolecular Hbond substituents is 1. The Labute approximate surface area is 183 Å². The highest BCUT2D eigenvalue weighted by Gasteiger charge is 2.14. The van der Waals surface area contributed by atoms with E-state index in [-0.39, 0.29) is 17.4 Å². The van der Waals surface area contributed by atoms with Gasteiger partial charge >= 0.3 is 0 Å². The fourth-order valence-corrected chi connectivity index (χ4v) is 3.87. The van der Waals surface area contributed by atoms with E-state index in [0.717, 1.165) is 16.9 Å². The molecular formula is C23H18ClN3O2S. The number of para-hydroxylation sites is 1. The molecule has 0 aliphatic heterocycles. The van der Waals surface area contributed by atoms with Crippen molar-refractivity contribution in [2.45, 2.75) is 5.16 Å². The van der Waals surface area contributed by atoms with E-state index in [2.05, 4.69) is 5.32 Å². The fourth-order valence-electron chi connectivity index (χ4n) is 2.91. The molecule has 0 bridgehead atoms. The van der Waals surface area contributed by atoms with Gasteiger partial charge in [-0.3, -0.25) is 9.36 Å². The Balaban J connectivity index is 1.55. The summed E-state index contributed by atoms with van der Waals surface area (Å²) < 4.78 is 1.97. The number of aromatic hydroxyl groups is 1. The van der Waals surface area contributed by atoms with Gasteiger partial charge in [0.05, 0.1) is 17.1 Å². The zero-order valence-electron chi connectivity index (χ0n) is 15.8. The number of phenols is 1. The Hall–Kier alpha value is -3.22. The van der Waals surface area contributed by atoms with Gasteiger partial charge in [-0.15, -0.1) is 0 Å². The number of carbonyl (C=O) groups is 1. The Bertz CT molecular complexity index is 1160. The molecule has 0 radical (unpaired) electrons. The minimum absolute atomic E-state index is 0.0713. The highest BCUT2D eigenvalue weighted by molar-refractivity contribution is 7.99. The number of aromatic nitrogens is 2. The van der Waals surface area contributed by atoms with Crippen LogP contribution in [0, 0.1) is 0 Å². The lowest BCUT2D eigenvalue weighted by Gasteiger charge is -2.09. The lowest BCUT2D eigenvalue weighted by molar-refractivity contribution is -0.113. The molecule has 1 aromatic heterocycles. The molecule has 2 N–H and O–H groups in total. The number of hydrogen-bond donors (Lipinski definition) is 2. The summed E-state index contributed by atoms with van der Waals surface area (Å²) in [7, 11) is 0. The highest BCUT2D eigenvalue weighted by atomic mass is 35.5. The van der Waals surface area contributed by atoms with Crippen molar-refractivity contribution in [3.8, 4) is 22.7 Å². The molecule has 0 aliphatic carbocycles. The molecule has 0 saturated heterocycles. The third-order valence-corrected chi connectivity index (χ3v) is 5.53. The maximum atomic E-state index is 12.4. The average Bonchev–Trinajstić information content (AvgIpc) is 3.20. The third kappa shape index (κ3) is 4.67. The average molecular weight is 436 g/mol. The minimum Gasteiger partial charge on any atom is -0.506 e. The van der Waals surface area contributed by atoms with Crippen LogP contribution in [0.4, 0.5) is 5.69 Å². The quantitative estimate of drug-likeness (QED) is 0.304. The predicted molar refractivity (Wildman–Crippen MR) is 121 cm³/mol. The van der Waals surface area contributed by atoms with Gasteiger partial charge in [0.15, 0.2) is 5.16 Å². The van der Waals surface area contributed by atoms with Crippen molar-refractivity contribution in [2.75, 3.05) is 11.1 Å². The summed E-state index contributed by atoms with van der Waals surface area (Å²) in [6.07, 6.45) is 1.97. The molecule has 3 aromatic carbocycles. The molecule has 150 valence electrons. The number of halogens is 1. The van der Waals surface area contributed by atoms with Crippen LogP contribution in [-0.2, 0) is 4.79 Å². The van der Waals surface area contributed by atoms with Gasteiger partial charge in [0.25, 0.3) is 0 Å². The number of nitrogens with one attached hydrogen (secondary N) is 1. The number of imidazole rings is 1. The topological polar surface area (TPSA) is 67.2 Å². The van der Waals surface area contributed by atoms with Gasteiger partial charge < -0.3 is 10.4 Å². The Kier molecular flexibility index (Phi) is 6.07. The van der Waals surface area contributed by atoms with E-state index in [1.54, 1.807) is 12.1 Å². The van der Waals surface area contributed by atoms with E-state index in [4.69, 9.17) is 16.6 Å². The fraction of sp³-hybridized carbons (Fsp3) is 0.0435. The van der Waals surface area contributed by atoms with Gasteiger partial charge in [-0.2, -0.15) is 0 Å². The Morgan fingerprint density at radius 3 is 2.43 bits per heavy atom. The first-order valence-corrected chi connectivity index (χ1v) is 10.6. The van der Waals surface area contributed by atoms with Gasteiger partial charge in [0.1, 0.15) is 5.75 Å². The standard InChI is InChI=1S/C23H18ClN3O2S/c24-17-11-12-19(21(28)13-17)25-22(29)15-30-23-26-20(16-7-3-1-4-8-16)14-27(23)18-9-5-2-6-10-18/h1-14,28H,15H2,(H,25,29). The Morgan fingerprint density at radius 2 is 1.73 bits per heavy atom. The van der Waals surface area contributed by atoms with E-state index >= 15 is 0 Å². The molecule has 4 aromatic rings. The van der Waals surface area contributed by atoms with Crippen LogP contribution in [0.5, 0.6) is 5.75 Å². The molecule has 30 heavy (non-hydrogen) atoms. The molecule has 0 spiro atoms. The zero-order chi connectivity index (χ0) is 20.9. The summed E-state index contributed by atoms with van der Waals surface area (Å²) in [4.78, 5) is 17.2. The number of carbonyl (C=O) groups excluding carboxylic acids is 1. The predicted octanol–water partition coefficient (Wildman–Crippen LogP) is 5.63. The van der Waals surface area contributed by atoms with Crippen molar-refractivity contribution < 1.29 is 9.90 Å². The van der Waals surface area contributed by atoms with Gasteiger partial charge in [0.2, 0.25) is 5.91 Å². The second-order valence-corrected chi connectivity index (χ2v) is 7.86. The number of anilines is 1. The van der Waals surface area contributed by atoms with Gasteiger partial charge in [-0.05, 0) is 24.3 Å². The zero-order valence-corrected chi connectivity index (χ0v) is 17.4. The van der Waals surface area contributed by atoms with E-state index < -0.39 is 0 Å². The SMILES string of the molecule is O=C(CSc1nc(-c2ccccc2)cn1-c1ccccc1)Nc1ccc(Cl)cc1O. The second kappa shape index (κ2) is 9.07. The summed E-state index contributed by atoms with van der Waals surface area (Å²) in [6.45, 7) is 0. The summed E-state index contributed by atoms with van der Waals surface area (Å²) in [5, 5.41) is 13.7. The van der Waals surface area contributed by atoms with Crippen molar-refractivity contribution in [2.24, 2.45) is 0 Å². The molecule has 0 fully saturated rings. The first-order valence-electron chi connectivity index (χ1n) is 9.21. The van der Waals surface area contributed by atoms with E-state index in [9.17, 15) is 9.90 Å². The summed E-state index contributed by atoms with van der Waals surface area (Å²) >= 11 is 7.16. The maximum Gasteiger partial charge on any atom is 0.234 e. The van der Waals surface area contributed by atoms with Crippen LogP contribution in [0.25, 0.3) is 16.9 Å². The van der Waals surface area contributed by atoms with Crippen LogP contribution in [0.1, 0.15) is 0 Å². The lowest BCUT2D eigenvalue weighted by Crippen LogP contribution is -2.14. The smallest absolute Gasteiger partial charge is 0.234 e. The molecule has 4 rings (SSSR count). The van der Waals surface area contributed by atoms with Crippen LogP contribution in [0.15, 0.2) is 90.2 Å². The van der Waals surface area contributed by atoms with Gasteiger partial charge in [0, 0.05) is 28.5 Å². The molecule has 1 heterocycles. The van der Waals surface area contributed by atoms with Crippen LogP contribution in [0.3, 0.4) is 0 Å². The number of rotatable bonds is 6. The van der Waals surface area contributed by atoms with Crippen LogP contribution in [0.2, 0.25) is 5.02 Å².